The molecule has 7 nitrogen and oxygen atoms in total. The minimum atomic E-state index is -0.256. The van der Waals surface area contributed by atoms with Gasteiger partial charge in [-0.1, -0.05) is 30.3 Å². The maximum Gasteiger partial charge on any atom is 0.229 e. The molecule has 0 N–H and O–H groups in total. The van der Waals surface area contributed by atoms with Gasteiger partial charge >= 0.3 is 0 Å². The molecule has 3 aliphatic heterocycles. The Kier molecular flexibility index (Phi) is 6.40. The number of aromatic nitrogens is 2. The van der Waals surface area contributed by atoms with E-state index in [4.69, 9.17) is 0 Å². The van der Waals surface area contributed by atoms with Crippen molar-refractivity contribution in [1.82, 2.24) is 24.9 Å². The molecule has 0 bridgehead atoms. The van der Waals surface area contributed by atoms with Crippen LogP contribution in [-0.4, -0.2) is 69.4 Å². The maximum absolute atomic E-state index is 13.3. The van der Waals surface area contributed by atoms with Gasteiger partial charge in [0.2, 0.25) is 11.8 Å². The highest BCUT2D eigenvalue weighted by Gasteiger charge is 2.48. The molecule has 0 aliphatic carbocycles. The molecule has 0 radical (unpaired) electrons. The Hall–Kier alpha value is -2.80. The van der Waals surface area contributed by atoms with Crippen LogP contribution in [0.5, 0.6) is 0 Å². The maximum atomic E-state index is 13.3. The van der Waals surface area contributed by atoms with Crippen LogP contribution in [-0.2, 0) is 22.7 Å². The fourth-order valence-electron chi connectivity index (χ4n) is 5.73. The van der Waals surface area contributed by atoms with Crippen LogP contribution in [0.4, 0.5) is 0 Å². The van der Waals surface area contributed by atoms with Crippen LogP contribution in [0.3, 0.4) is 0 Å². The Bertz CT molecular complexity index is 951. The minimum absolute atomic E-state index is 0.111. The molecule has 5 rings (SSSR count). The van der Waals surface area contributed by atoms with Crippen molar-refractivity contribution in [2.24, 2.45) is 11.3 Å². The van der Waals surface area contributed by atoms with Gasteiger partial charge < -0.3 is 9.80 Å². The summed E-state index contributed by atoms with van der Waals surface area (Å²) in [7, 11) is 0. The van der Waals surface area contributed by atoms with E-state index in [1.807, 2.05) is 40.3 Å². The highest BCUT2D eigenvalue weighted by molar-refractivity contribution is 5.85. The molecule has 3 saturated heterocycles. The van der Waals surface area contributed by atoms with E-state index >= 15 is 0 Å². The fraction of sp³-hybridized carbons (Fsp3) is 0.538. The lowest BCUT2D eigenvalue weighted by molar-refractivity contribution is -0.145. The molecule has 3 fully saturated rings. The predicted molar refractivity (Wildman–Crippen MR) is 125 cm³/mol. The van der Waals surface area contributed by atoms with Crippen molar-refractivity contribution < 1.29 is 9.59 Å². The second-order valence-corrected chi connectivity index (χ2v) is 9.87. The number of benzene rings is 1. The number of amides is 2. The molecule has 0 atom stereocenters. The first-order chi connectivity index (χ1) is 16.1. The number of nitrogens with zero attached hydrogens (tertiary/aromatic N) is 5. The van der Waals surface area contributed by atoms with Crippen molar-refractivity contribution in [2.45, 2.75) is 45.2 Å². The largest absolute Gasteiger partial charge is 0.342 e. The summed E-state index contributed by atoms with van der Waals surface area (Å²) in [5.41, 5.74) is 2.09. The number of rotatable bonds is 5. The molecular formula is C26H33N5O2. The normalized spacial score (nSPS) is 21.6. The predicted octanol–water partition coefficient (Wildman–Crippen LogP) is 2.73. The van der Waals surface area contributed by atoms with Crippen molar-refractivity contribution in [3.05, 3.63) is 59.9 Å². The molecule has 2 amide bonds. The number of carbonyl (C=O) groups is 2. The van der Waals surface area contributed by atoms with Gasteiger partial charge in [-0.05, 0) is 62.4 Å². The van der Waals surface area contributed by atoms with E-state index < -0.39 is 0 Å². The van der Waals surface area contributed by atoms with E-state index in [2.05, 4.69) is 27.2 Å². The molecule has 174 valence electrons. The Morgan fingerprint density at radius 2 is 1.61 bits per heavy atom. The van der Waals surface area contributed by atoms with Gasteiger partial charge in [0.1, 0.15) is 0 Å². The summed E-state index contributed by atoms with van der Waals surface area (Å²) >= 11 is 0. The molecule has 7 heteroatoms. The number of carbonyl (C=O) groups excluding carboxylic acids is 2. The van der Waals surface area contributed by atoms with Gasteiger partial charge in [0, 0.05) is 44.8 Å². The quantitative estimate of drug-likeness (QED) is 0.705. The average molecular weight is 448 g/mol. The Labute approximate surface area is 195 Å². The van der Waals surface area contributed by atoms with Crippen molar-refractivity contribution >= 4 is 11.8 Å². The van der Waals surface area contributed by atoms with E-state index in [-0.39, 0.29) is 17.2 Å². The zero-order chi connectivity index (χ0) is 22.7. The van der Waals surface area contributed by atoms with Gasteiger partial charge in [0.15, 0.2) is 0 Å². The van der Waals surface area contributed by atoms with Gasteiger partial charge in [-0.2, -0.15) is 10.2 Å². The third kappa shape index (κ3) is 4.78. The number of piperidine rings is 2. The summed E-state index contributed by atoms with van der Waals surface area (Å²) in [6.45, 7) is 5.68. The summed E-state index contributed by atoms with van der Waals surface area (Å²) < 4.78 is 0. The van der Waals surface area contributed by atoms with E-state index in [1.54, 1.807) is 6.20 Å². The van der Waals surface area contributed by atoms with Crippen LogP contribution in [0.2, 0.25) is 0 Å². The van der Waals surface area contributed by atoms with Gasteiger partial charge in [-0.25, -0.2) is 0 Å². The fourth-order valence-corrected chi connectivity index (χ4v) is 5.73. The van der Waals surface area contributed by atoms with Crippen molar-refractivity contribution in [2.75, 3.05) is 32.7 Å². The second-order valence-electron chi connectivity index (χ2n) is 9.87. The Balaban J connectivity index is 1.10. The zero-order valence-corrected chi connectivity index (χ0v) is 19.2. The highest BCUT2D eigenvalue weighted by atomic mass is 16.2. The molecular weight excluding hydrogens is 414 g/mol. The Morgan fingerprint density at radius 1 is 0.879 bits per heavy atom. The molecule has 33 heavy (non-hydrogen) atoms. The lowest BCUT2D eigenvalue weighted by Crippen LogP contribution is -2.49. The van der Waals surface area contributed by atoms with E-state index in [1.165, 1.54) is 11.1 Å². The summed E-state index contributed by atoms with van der Waals surface area (Å²) in [5.74, 6) is 0.693. The molecule has 0 saturated carbocycles. The first-order valence-corrected chi connectivity index (χ1v) is 12.2. The van der Waals surface area contributed by atoms with Gasteiger partial charge in [0.05, 0.1) is 11.6 Å². The molecule has 1 aromatic carbocycles. The molecule has 1 aromatic heterocycles. The average Bonchev–Trinajstić information content (AvgIpc) is 3.15. The first-order valence-electron chi connectivity index (χ1n) is 12.2. The first kappa shape index (κ1) is 22.0. The molecule has 2 aromatic rings. The van der Waals surface area contributed by atoms with Crippen molar-refractivity contribution in [3.8, 4) is 0 Å². The smallest absolute Gasteiger partial charge is 0.229 e. The van der Waals surface area contributed by atoms with Crippen LogP contribution < -0.4 is 0 Å². The third-order valence-corrected chi connectivity index (χ3v) is 7.84. The van der Waals surface area contributed by atoms with E-state index in [0.717, 1.165) is 58.3 Å². The highest BCUT2D eigenvalue weighted by Crippen LogP contribution is 2.42. The minimum Gasteiger partial charge on any atom is -0.342 e. The number of likely N-dealkylation sites (tertiary alicyclic amines) is 3. The number of hydrogen-bond donors (Lipinski definition) is 0. The molecule has 1 spiro atoms. The van der Waals surface area contributed by atoms with Crippen LogP contribution in [0.25, 0.3) is 0 Å². The zero-order valence-electron chi connectivity index (χ0n) is 19.2. The topological polar surface area (TPSA) is 69.6 Å². The van der Waals surface area contributed by atoms with Gasteiger partial charge in [-0.15, -0.1) is 0 Å². The van der Waals surface area contributed by atoms with Gasteiger partial charge in [-0.3, -0.25) is 14.5 Å². The Morgan fingerprint density at radius 3 is 2.30 bits per heavy atom. The van der Waals surface area contributed by atoms with Crippen LogP contribution in [0.15, 0.2) is 48.8 Å². The summed E-state index contributed by atoms with van der Waals surface area (Å²) in [6, 6.07) is 12.2. The summed E-state index contributed by atoms with van der Waals surface area (Å²) in [6.07, 6.45) is 7.87. The number of hydrogen-bond acceptors (Lipinski definition) is 5. The molecule has 0 unspecified atom stereocenters. The third-order valence-electron chi connectivity index (χ3n) is 7.84. The van der Waals surface area contributed by atoms with Crippen LogP contribution >= 0.6 is 0 Å². The SMILES string of the molecule is O=C(C1CCN(Cc2ccnnc2)CC1)N1CCC2(CC1)CCN(Cc1ccccc1)C2=O. The summed E-state index contributed by atoms with van der Waals surface area (Å²) in [4.78, 5) is 32.9. The molecule has 3 aliphatic rings. The monoisotopic (exact) mass is 447 g/mol. The lowest BCUT2D eigenvalue weighted by Gasteiger charge is -2.40. The van der Waals surface area contributed by atoms with E-state index in [9.17, 15) is 9.59 Å². The second kappa shape index (κ2) is 9.59. The molecule has 4 heterocycles. The van der Waals surface area contributed by atoms with Crippen LogP contribution in [0.1, 0.15) is 43.2 Å². The summed E-state index contributed by atoms with van der Waals surface area (Å²) in [5, 5.41) is 7.79. The van der Waals surface area contributed by atoms with Gasteiger partial charge in [0.25, 0.3) is 0 Å². The van der Waals surface area contributed by atoms with Crippen molar-refractivity contribution in [3.63, 3.8) is 0 Å². The van der Waals surface area contributed by atoms with Crippen LogP contribution in [0, 0.1) is 11.3 Å². The van der Waals surface area contributed by atoms with Crippen molar-refractivity contribution in [1.29, 1.82) is 0 Å². The van der Waals surface area contributed by atoms with E-state index in [0.29, 0.717) is 25.5 Å². The lowest BCUT2D eigenvalue weighted by atomic mass is 9.76. The standard InChI is InChI=1S/C26H33N5O2/c32-24(23-7-13-29(14-8-23)19-22-6-12-27-28-18-22)30-15-9-26(10-16-30)11-17-31(25(26)33)20-21-4-2-1-3-5-21/h1-6,12,18,23H,7-11,13-17,19-20H2.